The van der Waals surface area contributed by atoms with E-state index in [-0.39, 0.29) is 0 Å². The fourth-order valence-corrected chi connectivity index (χ4v) is 1.80. The summed E-state index contributed by atoms with van der Waals surface area (Å²) >= 11 is 9.34. The van der Waals surface area contributed by atoms with E-state index in [1.165, 1.54) is 0 Å². The number of anilines is 1. The van der Waals surface area contributed by atoms with E-state index < -0.39 is 0 Å². The van der Waals surface area contributed by atoms with Crippen molar-refractivity contribution in [2.24, 2.45) is 0 Å². The van der Waals surface area contributed by atoms with Crippen LogP contribution in [0.2, 0.25) is 5.02 Å². The summed E-state index contributed by atoms with van der Waals surface area (Å²) in [5.74, 6) is 1.84. The van der Waals surface area contributed by atoms with Gasteiger partial charge in [0.1, 0.15) is 11.5 Å². The van der Waals surface area contributed by atoms with Gasteiger partial charge in [-0.15, -0.1) is 0 Å². The van der Waals surface area contributed by atoms with E-state index >= 15 is 0 Å². The summed E-state index contributed by atoms with van der Waals surface area (Å²) in [7, 11) is 0. The van der Waals surface area contributed by atoms with Gasteiger partial charge in [0.05, 0.1) is 11.6 Å². The molecule has 0 aliphatic heterocycles. The predicted molar refractivity (Wildman–Crippen MR) is 69.9 cm³/mol. The maximum atomic E-state index is 5.99. The van der Waals surface area contributed by atoms with Gasteiger partial charge in [-0.3, -0.25) is 0 Å². The quantitative estimate of drug-likeness (QED) is 0.895. The molecular formula is C12H11BrClNO. The average molecular weight is 301 g/mol. The van der Waals surface area contributed by atoms with Crippen molar-refractivity contribution in [2.75, 3.05) is 5.32 Å². The summed E-state index contributed by atoms with van der Waals surface area (Å²) in [6, 6.07) is 9.67. The number of hydrogen-bond donors (Lipinski definition) is 1. The molecule has 0 atom stereocenters. The van der Waals surface area contributed by atoms with Gasteiger partial charge in [0.15, 0.2) is 0 Å². The van der Waals surface area contributed by atoms with Crippen LogP contribution < -0.4 is 5.32 Å². The van der Waals surface area contributed by atoms with E-state index in [1.807, 2.05) is 37.3 Å². The maximum Gasteiger partial charge on any atom is 0.123 e. The number of furan rings is 1. The summed E-state index contributed by atoms with van der Waals surface area (Å²) in [5.41, 5.74) is 0.974. The molecule has 1 aromatic heterocycles. The van der Waals surface area contributed by atoms with Crippen molar-refractivity contribution in [2.45, 2.75) is 13.5 Å². The van der Waals surface area contributed by atoms with E-state index in [2.05, 4.69) is 21.2 Å². The minimum absolute atomic E-state index is 0.659. The number of nitrogens with one attached hydrogen (secondary N) is 1. The molecule has 2 rings (SSSR count). The lowest BCUT2D eigenvalue weighted by Crippen LogP contribution is -1.97. The van der Waals surface area contributed by atoms with Crippen LogP contribution in [0.5, 0.6) is 0 Å². The highest BCUT2D eigenvalue weighted by Crippen LogP contribution is 2.25. The van der Waals surface area contributed by atoms with Crippen LogP contribution in [-0.4, -0.2) is 0 Å². The Labute approximate surface area is 108 Å². The van der Waals surface area contributed by atoms with Gasteiger partial charge in [-0.2, -0.15) is 0 Å². The SMILES string of the molecule is Cc1ccc(CNc2ccc(Br)c(Cl)c2)o1. The summed E-state index contributed by atoms with van der Waals surface area (Å²) in [6.07, 6.45) is 0. The first-order valence-corrected chi connectivity index (χ1v) is 6.06. The smallest absolute Gasteiger partial charge is 0.123 e. The van der Waals surface area contributed by atoms with Gasteiger partial charge in [0.2, 0.25) is 0 Å². The lowest BCUT2D eigenvalue weighted by molar-refractivity contribution is 0.490. The zero-order chi connectivity index (χ0) is 11.5. The van der Waals surface area contributed by atoms with E-state index in [1.54, 1.807) is 0 Å². The predicted octanol–water partition coefficient (Wildman–Crippen LogP) is 4.62. The highest BCUT2D eigenvalue weighted by Gasteiger charge is 2.01. The Morgan fingerprint density at radius 3 is 2.75 bits per heavy atom. The maximum absolute atomic E-state index is 5.99. The van der Waals surface area contributed by atoms with Crippen molar-refractivity contribution in [3.05, 3.63) is 51.3 Å². The van der Waals surface area contributed by atoms with Crippen LogP contribution in [0, 0.1) is 6.92 Å². The van der Waals surface area contributed by atoms with Gasteiger partial charge in [-0.05, 0) is 53.2 Å². The Bertz CT molecular complexity index is 496. The van der Waals surface area contributed by atoms with Crippen LogP contribution >= 0.6 is 27.5 Å². The molecule has 2 nitrogen and oxygen atoms in total. The first kappa shape index (κ1) is 11.6. The largest absolute Gasteiger partial charge is 0.465 e. The second-order valence-corrected chi connectivity index (χ2v) is 4.76. The van der Waals surface area contributed by atoms with Crippen molar-refractivity contribution >= 4 is 33.2 Å². The van der Waals surface area contributed by atoms with Crippen molar-refractivity contribution in [3.8, 4) is 0 Å². The topological polar surface area (TPSA) is 25.2 Å². The molecule has 4 heteroatoms. The van der Waals surface area contributed by atoms with Crippen molar-refractivity contribution in [1.29, 1.82) is 0 Å². The van der Waals surface area contributed by atoms with Crippen molar-refractivity contribution < 1.29 is 4.42 Å². The summed E-state index contributed by atoms with van der Waals surface area (Å²) in [5, 5.41) is 3.94. The fourth-order valence-electron chi connectivity index (χ4n) is 1.38. The average Bonchev–Trinajstić information content (AvgIpc) is 2.66. The van der Waals surface area contributed by atoms with E-state index in [9.17, 15) is 0 Å². The van der Waals surface area contributed by atoms with Crippen LogP contribution in [0.15, 0.2) is 39.2 Å². The zero-order valence-electron chi connectivity index (χ0n) is 8.76. The third-order valence-electron chi connectivity index (χ3n) is 2.18. The highest BCUT2D eigenvalue weighted by atomic mass is 79.9. The Kier molecular flexibility index (Phi) is 3.56. The second kappa shape index (κ2) is 4.93. The Morgan fingerprint density at radius 2 is 2.12 bits per heavy atom. The molecule has 0 aliphatic carbocycles. The normalized spacial score (nSPS) is 10.4. The molecule has 0 spiro atoms. The second-order valence-electron chi connectivity index (χ2n) is 3.49. The number of hydrogen-bond acceptors (Lipinski definition) is 2. The third-order valence-corrected chi connectivity index (χ3v) is 3.41. The lowest BCUT2D eigenvalue weighted by Gasteiger charge is -2.05. The molecule has 1 aromatic carbocycles. The minimum atomic E-state index is 0.659. The molecule has 0 saturated heterocycles. The molecule has 0 fully saturated rings. The van der Waals surface area contributed by atoms with Gasteiger partial charge in [0, 0.05) is 10.2 Å². The van der Waals surface area contributed by atoms with E-state index in [0.29, 0.717) is 11.6 Å². The molecule has 1 N–H and O–H groups in total. The van der Waals surface area contributed by atoms with Gasteiger partial charge in [-0.1, -0.05) is 11.6 Å². The standard InChI is InChI=1S/C12H11BrClNO/c1-8-2-4-10(16-8)7-15-9-3-5-11(13)12(14)6-9/h2-6,15H,7H2,1H3. The molecular weight excluding hydrogens is 289 g/mol. The molecule has 0 radical (unpaired) electrons. The van der Waals surface area contributed by atoms with Gasteiger partial charge < -0.3 is 9.73 Å². The van der Waals surface area contributed by atoms with Crippen LogP contribution in [0.25, 0.3) is 0 Å². The van der Waals surface area contributed by atoms with E-state index in [4.69, 9.17) is 16.0 Å². The Morgan fingerprint density at radius 1 is 1.31 bits per heavy atom. The molecule has 0 aliphatic rings. The molecule has 0 amide bonds. The number of rotatable bonds is 3. The first-order chi connectivity index (χ1) is 7.65. The van der Waals surface area contributed by atoms with Crippen LogP contribution in [0.3, 0.4) is 0 Å². The van der Waals surface area contributed by atoms with Crippen molar-refractivity contribution in [1.82, 2.24) is 0 Å². The molecule has 0 bridgehead atoms. The number of benzene rings is 1. The Balaban J connectivity index is 2.02. The third kappa shape index (κ3) is 2.80. The number of halogens is 2. The molecule has 0 unspecified atom stereocenters. The van der Waals surface area contributed by atoms with Gasteiger partial charge in [-0.25, -0.2) is 0 Å². The zero-order valence-corrected chi connectivity index (χ0v) is 11.1. The van der Waals surface area contributed by atoms with Crippen LogP contribution in [-0.2, 0) is 6.54 Å². The highest BCUT2D eigenvalue weighted by molar-refractivity contribution is 9.10. The first-order valence-electron chi connectivity index (χ1n) is 4.89. The molecule has 2 aromatic rings. The van der Waals surface area contributed by atoms with Crippen LogP contribution in [0.4, 0.5) is 5.69 Å². The summed E-state index contributed by atoms with van der Waals surface area (Å²) < 4.78 is 6.35. The summed E-state index contributed by atoms with van der Waals surface area (Å²) in [6.45, 7) is 2.59. The molecule has 84 valence electrons. The van der Waals surface area contributed by atoms with E-state index in [0.717, 1.165) is 21.7 Å². The fraction of sp³-hybridized carbons (Fsp3) is 0.167. The molecule has 0 saturated carbocycles. The lowest BCUT2D eigenvalue weighted by atomic mass is 10.3. The van der Waals surface area contributed by atoms with Crippen molar-refractivity contribution in [3.63, 3.8) is 0 Å². The van der Waals surface area contributed by atoms with Gasteiger partial charge in [0.25, 0.3) is 0 Å². The minimum Gasteiger partial charge on any atom is -0.465 e. The number of aryl methyl sites for hydroxylation is 1. The molecule has 16 heavy (non-hydrogen) atoms. The molecule has 1 heterocycles. The van der Waals surface area contributed by atoms with Gasteiger partial charge >= 0.3 is 0 Å². The Hall–Kier alpha value is -0.930. The van der Waals surface area contributed by atoms with Crippen LogP contribution in [0.1, 0.15) is 11.5 Å². The summed E-state index contributed by atoms with van der Waals surface area (Å²) in [4.78, 5) is 0. The monoisotopic (exact) mass is 299 g/mol.